The lowest BCUT2D eigenvalue weighted by molar-refractivity contribution is -0.129. The maximum Gasteiger partial charge on any atom is 0.232 e. The average Bonchev–Trinajstić information content (AvgIpc) is 2.95. The van der Waals surface area contributed by atoms with Crippen LogP contribution in [0.15, 0.2) is 0 Å². The van der Waals surface area contributed by atoms with Crippen molar-refractivity contribution in [2.45, 2.75) is 44.6 Å². The van der Waals surface area contributed by atoms with Gasteiger partial charge in [-0.05, 0) is 44.6 Å². The normalized spacial score (nSPS) is 24.7. The zero-order chi connectivity index (χ0) is 15.1. The summed E-state index contributed by atoms with van der Waals surface area (Å²) in [7, 11) is 0. The number of nitrogens with zero attached hydrogens (tertiary/aromatic N) is 1. The molecule has 3 N–H and O–H groups in total. The van der Waals surface area contributed by atoms with E-state index in [9.17, 15) is 9.59 Å². The number of amides is 2. The summed E-state index contributed by atoms with van der Waals surface area (Å²) >= 11 is 1.42. The van der Waals surface area contributed by atoms with Crippen LogP contribution in [0.5, 0.6) is 0 Å². The fraction of sp³-hybridized carbons (Fsp3) is 0.867. The first kappa shape index (κ1) is 19.6. The monoisotopic (exact) mass is 349 g/mol. The van der Waals surface area contributed by atoms with Crippen molar-refractivity contribution in [3.05, 3.63) is 0 Å². The molecule has 1 heterocycles. The highest BCUT2D eigenvalue weighted by Gasteiger charge is 2.27. The summed E-state index contributed by atoms with van der Waals surface area (Å²) in [5.41, 5.74) is 5.72. The van der Waals surface area contributed by atoms with Gasteiger partial charge in [0.15, 0.2) is 0 Å². The third-order valence-corrected chi connectivity index (χ3v) is 5.39. The molecule has 2 atom stereocenters. The molecule has 7 heteroatoms. The Labute approximate surface area is 143 Å². The molecular formula is C15H28ClN3O2S. The van der Waals surface area contributed by atoms with E-state index in [0.717, 1.165) is 45.2 Å². The van der Waals surface area contributed by atoms with Crippen molar-refractivity contribution in [2.75, 3.05) is 31.1 Å². The standard InChI is InChI=1S/C15H27N3O2S.ClH/c16-9-12-5-4-6-13(12)17-14(19)10-21-11-15(20)18-7-2-1-3-8-18;/h12-13H,1-11,16H2,(H,17,19);1H. The largest absolute Gasteiger partial charge is 0.352 e. The fourth-order valence-electron chi connectivity index (χ4n) is 3.22. The van der Waals surface area contributed by atoms with Gasteiger partial charge in [0, 0.05) is 19.1 Å². The van der Waals surface area contributed by atoms with Crippen molar-refractivity contribution in [3.63, 3.8) is 0 Å². The molecule has 2 unspecified atom stereocenters. The molecule has 0 spiro atoms. The summed E-state index contributed by atoms with van der Waals surface area (Å²) in [4.78, 5) is 25.8. The number of nitrogens with two attached hydrogens (primary N) is 1. The van der Waals surface area contributed by atoms with Gasteiger partial charge in [-0.25, -0.2) is 0 Å². The molecule has 0 aromatic carbocycles. The maximum atomic E-state index is 12.0. The van der Waals surface area contributed by atoms with Crippen LogP contribution >= 0.6 is 24.2 Å². The van der Waals surface area contributed by atoms with Gasteiger partial charge in [-0.1, -0.05) is 6.42 Å². The van der Waals surface area contributed by atoms with Crippen molar-refractivity contribution in [2.24, 2.45) is 11.7 Å². The molecule has 22 heavy (non-hydrogen) atoms. The van der Waals surface area contributed by atoms with Gasteiger partial charge in [0.1, 0.15) is 0 Å². The average molecular weight is 350 g/mol. The van der Waals surface area contributed by atoms with E-state index < -0.39 is 0 Å². The molecule has 2 fully saturated rings. The summed E-state index contributed by atoms with van der Waals surface area (Å²) in [6, 6.07) is 0.237. The van der Waals surface area contributed by atoms with Crippen LogP contribution in [0.2, 0.25) is 0 Å². The number of piperidine rings is 1. The van der Waals surface area contributed by atoms with Gasteiger partial charge in [0.25, 0.3) is 0 Å². The second kappa shape index (κ2) is 10.3. The van der Waals surface area contributed by atoms with E-state index in [1.54, 1.807) is 0 Å². The van der Waals surface area contributed by atoms with Crippen molar-refractivity contribution >= 4 is 36.0 Å². The van der Waals surface area contributed by atoms with Crippen LogP contribution in [-0.4, -0.2) is 53.9 Å². The van der Waals surface area contributed by atoms with E-state index in [1.165, 1.54) is 18.2 Å². The first-order chi connectivity index (χ1) is 10.2. The first-order valence-electron chi connectivity index (χ1n) is 8.05. The molecule has 0 bridgehead atoms. The Morgan fingerprint density at radius 3 is 2.50 bits per heavy atom. The van der Waals surface area contributed by atoms with Crippen LogP contribution in [0.3, 0.4) is 0 Å². The van der Waals surface area contributed by atoms with Gasteiger partial charge >= 0.3 is 0 Å². The third-order valence-electron chi connectivity index (χ3n) is 4.48. The highest BCUT2D eigenvalue weighted by atomic mass is 35.5. The van der Waals surface area contributed by atoms with Gasteiger partial charge in [0.05, 0.1) is 11.5 Å². The van der Waals surface area contributed by atoms with E-state index >= 15 is 0 Å². The summed E-state index contributed by atoms with van der Waals surface area (Å²) < 4.78 is 0. The number of nitrogens with one attached hydrogen (secondary N) is 1. The van der Waals surface area contributed by atoms with E-state index in [-0.39, 0.29) is 30.3 Å². The molecule has 128 valence electrons. The summed E-state index contributed by atoms with van der Waals surface area (Å²) in [6.45, 7) is 2.41. The Kier molecular flexibility index (Phi) is 9.21. The molecular weight excluding hydrogens is 322 g/mol. The topological polar surface area (TPSA) is 75.4 Å². The van der Waals surface area contributed by atoms with Gasteiger partial charge in [-0.2, -0.15) is 0 Å². The zero-order valence-corrected chi connectivity index (χ0v) is 14.7. The number of halogens is 1. The lowest BCUT2D eigenvalue weighted by Gasteiger charge is -2.26. The SMILES string of the molecule is Cl.NCC1CCCC1NC(=O)CSCC(=O)N1CCCCC1. The van der Waals surface area contributed by atoms with Gasteiger partial charge in [-0.3, -0.25) is 9.59 Å². The maximum absolute atomic E-state index is 12.0. The second-order valence-corrected chi connectivity index (χ2v) is 7.02. The molecule has 0 radical (unpaired) electrons. The number of carbonyl (C=O) groups is 2. The third kappa shape index (κ3) is 5.97. The number of carbonyl (C=O) groups excluding carboxylic acids is 2. The highest BCUT2D eigenvalue weighted by molar-refractivity contribution is 8.00. The quantitative estimate of drug-likeness (QED) is 0.760. The Morgan fingerprint density at radius 2 is 1.82 bits per heavy atom. The fourth-order valence-corrected chi connectivity index (χ4v) is 3.95. The number of thioether (sulfide) groups is 1. The number of likely N-dealkylation sites (tertiary alicyclic amines) is 1. The summed E-state index contributed by atoms with van der Waals surface area (Å²) in [6.07, 6.45) is 6.74. The Morgan fingerprint density at radius 1 is 1.09 bits per heavy atom. The smallest absolute Gasteiger partial charge is 0.232 e. The number of rotatable bonds is 6. The van der Waals surface area contributed by atoms with Crippen molar-refractivity contribution in [3.8, 4) is 0 Å². The Hall–Kier alpha value is -0.460. The van der Waals surface area contributed by atoms with Gasteiger partial charge < -0.3 is 16.0 Å². The number of hydrogen-bond donors (Lipinski definition) is 2. The molecule has 1 aliphatic carbocycles. The van der Waals surface area contributed by atoms with E-state index in [4.69, 9.17) is 5.73 Å². The predicted molar refractivity (Wildman–Crippen MR) is 93.3 cm³/mol. The summed E-state index contributed by atoms with van der Waals surface area (Å²) in [5.74, 6) is 1.42. The minimum atomic E-state index is 0. The van der Waals surface area contributed by atoms with Crippen LogP contribution < -0.4 is 11.1 Å². The molecule has 2 amide bonds. The lowest BCUT2D eigenvalue weighted by atomic mass is 10.0. The van der Waals surface area contributed by atoms with Gasteiger partial charge in [0.2, 0.25) is 11.8 Å². The van der Waals surface area contributed by atoms with E-state index in [2.05, 4.69) is 5.32 Å². The molecule has 5 nitrogen and oxygen atoms in total. The van der Waals surface area contributed by atoms with Crippen LogP contribution in [-0.2, 0) is 9.59 Å². The number of hydrogen-bond acceptors (Lipinski definition) is 4. The molecule has 1 saturated heterocycles. The Bertz CT molecular complexity index is 365. The second-order valence-electron chi connectivity index (χ2n) is 6.03. The summed E-state index contributed by atoms with van der Waals surface area (Å²) in [5, 5.41) is 3.07. The van der Waals surface area contributed by atoms with E-state index in [1.807, 2.05) is 4.90 Å². The molecule has 2 rings (SSSR count). The highest BCUT2D eigenvalue weighted by Crippen LogP contribution is 2.24. The molecule has 0 aromatic heterocycles. The van der Waals surface area contributed by atoms with Crippen molar-refractivity contribution < 1.29 is 9.59 Å². The molecule has 1 saturated carbocycles. The Balaban J connectivity index is 0.00000242. The van der Waals surface area contributed by atoms with Crippen LogP contribution in [0.25, 0.3) is 0 Å². The molecule has 2 aliphatic rings. The van der Waals surface area contributed by atoms with Crippen LogP contribution in [0, 0.1) is 5.92 Å². The zero-order valence-electron chi connectivity index (χ0n) is 13.1. The van der Waals surface area contributed by atoms with Crippen molar-refractivity contribution in [1.29, 1.82) is 0 Å². The van der Waals surface area contributed by atoms with Crippen LogP contribution in [0.1, 0.15) is 38.5 Å². The van der Waals surface area contributed by atoms with Gasteiger partial charge in [-0.15, -0.1) is 24.2 Å². The minimum absolute atomic E-state index is 0. The molecule has 0 aromatic rings. The predicted octanol–water partition coefficient (Wildman–Crippen LogP) is 1.40. The lowest BCUT2D eigenvalue weighted by Crippen LogP contribution is -2.41. The first-order valence-corrected chi connectivity index (χ1v) is 9.21. The van der Waals surface area contributed by atoms with Crippen molar-refractivity contribution in [1.82, 2.24) is 10.2 Å². The minimum Gasteiger partial charge on any atom is -0.352 e. The molecule has 1 aliphatic heterocycles. The van der Waals surface area contributed by atoms with E-state index in [0.29, 0.717) is 24.0 Å². The van der Waals surface area contributed by atoms with Crippen LogP contribution in [0.4, 0.5) is 0 Å².